The molecule has 0 radical (unpaired) electrons. The number of methoxy groups -OCH3 is 1. The molecular weight excluding hydrogens is 476 g/mol. The highest BCUT2D eigenvalue weighted by molar-refractivity contribution is 14.0. The second-order valence-electron chi connectivity index (χ2n) is 6.53. The molecule has 1 aliphatic heterocycles. The van der Waals surface area contributed by atoms with Crippen LogP contribution in [0.2, 0.25) is 0 Å². The van der Waals surface area contributed by atoms with Crippen LogP contribution in [-0.2, 0) is 9.53 Å². The number of unbranched alkanes of at least 4 members (excludes halogenated alkanes) is 2. The van der Waals surface area contributed by atoms with Gasteiger partial charge in [-0.05, 0) is 38.3 Å². The Kier molecular flexibility index (Phi) is 11.8. The molecule has 1 atom stereocenters. The van der Waals surface area contributed by atoms with Crippen molar-refractivity contribution in [2.75, 3.05) is 38.2 Å². The van der Waals surface area contributed by atoms with Crippen LogP contribution in [0.15, 0.2) is 23.3 Å². The minimum absolute atomic E-state index is 0. The maximum absolute atomic E-state index is 13.9. The number of ether oxygens (including phenoxy) is 1. The smallest absolute Gasteiger partial charge is 0.305 e. The maximum Gasteiger partial charge on any atom is 0.305 e. The molecule has 1 aromatic rings. The zero-order valence-electron chi connectivity index (χ0n) is 16.6. The Morgan fingerprint density at radius 2 is 2.25 bits per heavy atom. The molecule has 1 saturated heterocycles. The Morgan fingerprint density at radius 1 is 1.43 bits per heavy atom. The van der Waals surface area contributed by atoms with Gasteiger partial charge in [-0.25, -0.2) is 9.37 Å². The second-order valence-corrected chi connectivity index (χ2v) is 6.53. The molecule has 9 heteroatoms. The van der Waals surface area contributed by atoms with E-state index in [-0.39, 0.29) is 41.8 Å². The third kappa shape index (κ3) is 8.15. The van der Waals surface area contributed by atoms with Gasteiger partial charge in [-0.15, -0.1) is 24.0 Å². The lowest BCUT2D eigenvalue weighted by molar-refractivity contribution is -0.140. The Labute approximate surface area is 183 Å². The van der Waals surface area contributed by atoms with Crippen molar-refractivity contribution in [2.24, 2.45) is 4.99 Å². The molecule has 2 N–H and O–H groups in total. The van der Waals surface area contributed by atoms with Crippen molar-refractivity contribution < 1.29 is 13.9 Å². The number of nitrogens with zero attached hydrogens (tertiary/aromatic N) is 3. The summed E-state index contributed by atoms with van der Waals surface area (Å²) in [5, 5.41) is 6.68. The number of rotatable bonds is 9. The van der Waals surface area contributed by atoms with Crippen molar-refractivity contribution in [2.45, 2.75) is 45.1 Å². The molecule has 0 amide bonds. The molecule has 0 aliphatic carbocycles. The van der Waals surface area contributed by atoms with Gasteiger partial charge in [-0.1, -0.05) is 6.42 Å². The van der Waals surface area contributed by atoms with E-state index in [0.29, 0.717) is 25.3 Å². The fourth-order valence-electron chi connectivity index (χ4n) is 3.04. The van der Waals surface area contributed by atoms with Crippen molar-refractivity contribution in [3.05, 3.63) is 24.1 Å². The first-order chi connectivity index (χ1) is 13.1. The lowest BCUT2D eigenvalue weighted by Gasteiger charge is -2.19. The zero-order valence-corrected chi connectivity index (χ0v) is 18.9. The summed E-state index contributed by atoms with van der Waals surface area (Å²) in [5.41, 5.74) is 0. The minimum Gasteiger partial charge on any atom is -0.469 e. The van der Waals surface area contributed by atoms with E-state index in [0.717, 1.165) is 44.7 Å². The Bertz CT molecular complexity index is 632. The molecule has 0 aromatic carbocycles. The Morgan fingerprint density at radius 3 is 2.96 bits per heavy atom. The summed E-state index contributed by atoms with van der Waals surface area (Å²) in [6, 6.07) is 3.24. The average Bonchev–Trinajstić information content (AvgIpc) is 3.13. The fraction of sp³-hybridized carbons (Fsp3) is 0.632. The van der Waals surface area contributed by atoms with Gasteiger partial charge in [0.05, 0.1) is 7.11 Å². The number of nitrogens with one attached hydrogen (secondary N) is 2. The van der Waals surface area contributed by atoms with Crippen LogP contribution in [0, 0.1) is 5.82 Å². The predicted molar refractivity (Wildman–Crippen MR) is 120 cm³/mol. The number of guanidine groups is 1. The quantitative estimate of drug-likeness (QED) is 0.176. The molecule has 0 saturated carbocycles. The molecule has 28 heavy (non-hydrogen) atoms. The van der Waals surface area contributed by atoms with Gasteiger partial charge in [0.1, 0.15) is 0 Å². The summed E-state index contributed by atoms with van der Waals surface area (Å²) in [7, 11) is 1.41. The first-order valence-electron chi connectivity index (χ1n) is 9.61. The van der Waals surface area contributed by atoms with Gasteiger partial charge in [-0.3, -0.25) is 9.79 Å². The van der Waals surface area contributed by atoms with Gasteiger partial charge in [0, 0.05) is 44.8 Å². The number of halogens is 2. The van der Waals surface area contributed by atoms with Crippen molar-refractivity contribution in [1.29, 1.82) is 0 Å². The van der Waals surface area contributed by atoms with E-state index in [1.807, 2.05) is 11.8 Å². The third-order valence-electron chi connectivity index (χ3n) is 4.45. The molecule has 1 unspecified atom stereocenters. The van der Waals surface area contributed by atoms with Crippen LogP contribution < -0.4 is 15.5 Å². The minimum atomic E-state index is -0.286. The monoisotopic (exact) mass is 507 g/mol. The van der Waals surface area contributed by atoms with Crippen molar-refractivity contribution in [1.82, 2.24) is 15.6 Å². The highest BCUT2D eigenvalue weighted by atomic mass is 127. The number of aliphatic imine (C=N–C) groups is 1. The average molecular weight is 507 g/mol. The number of hydrogen-bond acceptors (Lipinski definition) is 5. The topological polar surface area (TPSA) is 78.8 Å². The summed E-state index contributed by atoms with van der Waals surface area (Å²) < 4.78 is 18.5. The van der Waals surface area contributed by atoms with Crippen molar-refractivity contribution in [3.8, 4) is 0 Å². The molecule has 158 valence electrons. The zero-order chi connectivity index (χ0) is 19.5. The van der Waals surface area contributed by atoms with E-state index in [9.17, 15) is 9.18 Å². The van der Waals surface area contributed by atoms with Crippen LogP contribution in [0.3, 0.4) is 0 Å². The highest BCUT2D eigenvalue weighted by Crippen LogP contribution is 2.20. The summed E-state index contributed by atoms with van der Waals surface area (Å²) in [6.45, 7) is 4.95. The standard InChI is InChI=1S/C19H30FN5O2.HI/c1-3-21-19(23-11-6-4-5-9-17(26)27-2)24-15-10-13-25(14-15)18-16(20)8-7-12-22-18;/h7-8,12,15H,3-6,9-11,13-14H2,1-2H3,(H2,21,23,24);1H. The molecule has 1 aliphatic rings. The van der Waals surface area contributed by atoms with Crippen LogP contribution >= 0.6 is 24.0 Å². The SMILES string of the molecule is CCNC(=NCCCCCC(=O)OC)NC1CCN(c2ncccc2F)C1.I. The Hall–Kier alpha value is -1.65. The van der Waals surface area contributed by atoms with E-state index >= 15 is 0 Å². The number of aromatic nitrogens is 1. The molecular formula is C19H31FIN5O2. The number of hydrogen-bond donors (Lipinski definition) is 2. The summed E-state index contributed by atoms with van der Waals surface area (Å²) in [6.07, 6.45) is 5.65. The molecule has 7 nitrogen and oxygen atoms in total. The second kappa shape index (κ2) is 13.5. The third-order valence-corrected chi connectivity index (χ3v) is 4.45. The van der Waals surface area contributed by atoms with E-state index in [1.54, 1.807) is 12.3 Å². The number of carbonyl (C=O) groups is 1. The Balaban J connectivity index is 0.00000392. The van der Waals surface area contributed by atoms with Gasteiger partial charge in [0.25, 0.3) is 0 Å². The molecule has 2 rings (SSSR count). The first-order valence-corrected chi connectivity index (χ1v) is 9.61. The lowest BCUT2D eigenvalue weighted by atomic mass is 10.2. The molecule has 0 bridgehead atoms. The maximum atomic E-state index is 13.9. The van der Waals surface area contributed by atoms with Gasteiger partial charge in [0.2, 0.25) is 0 Å². The van der Waals surface area contributed by atoms with Gasteiger partial charge in [-0.2, -0.15) is 0 Å². The highest BCUT2D eigenvalue weighted by Gasteiger charge is 2.25. The van der Waals surface area contributed by atoms with Crippen LogP contribution in [0.5, 0.6) is 0 Å². The number of pyridine rings is 1. The van der Waals surface area contributed by atoms with Crippen LogP contribution in [0.1, 0.15) is 39.0 Å². The van der Waals surface area contributed by atoms with E-state index in [1.165, 1.54) is 13.2 Å². The molecule has 1 fully saturated rings. The van der Waals surface area contributed by atoms with E-state index < -0.39 is 0 Å². The number of anilines is 1. The normalized spacial score (nSPS) is 16.5. The van der Waals surface area contributed by atoms with Crippen LogP contribution in [0.4, 0.5) is 10.2 Å². The number of carbonyl (C=O) groups excluding carboxylic acids is 1. The number of esters is 1. The van der Waals surface area contributed by atoms with Gasteiger partial charge >= 0.3 is 5.97 Å². The van der Waals surface area contributed by atoms with E-state index in [2.05, 4.69) is 25.3 Å². The van der Waals surface area contributed by atoms with Gasteiger partial charge in [0.15, 0.2) is 17.6 Å². The molecule has 2 heterocycles. The summed E-state index contributed by atoms with van der Waals surface area (Å²) in [5.74, 6) is 0.738. The summed E-state index contributed by atoms with van der Waals surface area (Å²) in [4.78, 5) is 21.8. The summed E-state index contributed by atoms with van der Waals surface area (Å²) >= 11 is 0. The van der Waals surface area contributed by atoms with Crippen LogP contribution in [-0.4, -0.2) is 56.2 Å². The first kappa shape index (κ1) is 24.4. The molecule has 1 aromatic heterocycles. The largest absolute Gasteiger partial charge is 0.469 e. The van der Waals surface area contributed by atoms with Crippen molar-refractivity contribution in [3.63, 3.8) is 0 Å². The lowest BCUT2D eigenvalue weighted by Crippen LogP contribution is -2.44. The van der Waals surface area contributed by atoms with Gasteiger partial charge < -0.3 is 20.3 Å². The van der Waals surface area contributed by atoms with Crippen molar-refractivity contribution >= 4 is 41.7 Å². The van der Waals surface area contributed by atoms with E-state index in [4.69, 9.17) is 0 Å². The fourth-order valence-corrected chi connectivity index (χ4v) is 3.04. The molecule has 0 spiro atoms. The predicted octanol–water partition coefficient (Wildman–Crippen LogP) is 2.71. The van der Waals surface area contributed by atoms with Crippen LogP contribution in [0.25, 0.3) is 0 Å².